The number of hydrogen-bond acceptors (Lipinski definition) is 6. The summed E-state index contributed by atoms with van der Waals surface area (Å²) in [6, 6.07) is 25.3. The topological polar surface area (TPSA) is 107 Å². The van der Waals surface area contributed by atoms with Gasteiger partial charge < -0.3 is 23.8 Å². The summed E-state index contributed by atoms with van der Waals surface area (Å²) in [7, 11) is 0. The van der Waals surface area contributed by atoms with Gasteiger partial charge in [-0.15, -0.1) is 0 Å². The third-order valence-electron chi connectivity index (χ3n) is 6.44. The summed E-state index contributed by atoms with van der Waals surface area (Å²) in [5.74, 6) is -0.0681. The van der Waals surface area contributed by atoms with Gasteiger partial charge in [0, 0.05) is 33.3 Å². The van der Waals surface area contributed by atoms with Crippen molar-refractivity contribution < 1.29 is 27.9 Å². The molecule has 0 fully saturated rings. The van der Waals surface area contributed by atoms with Crippen LogP contribution in [-0.2, 0) is 11.4 Å². The first-order chi connectivity index (χ1) is 21.2. The predicted octanol–water partition coefficient (Wildman–Crippen LogP) is 6.84. The zero-order chi connectivity index (χ0) is 31.1. The number of ether oxygens (including phenoxy) is 2. The van der Waals surface area contributed by atoms with E-state index in [0.717, 1.165) is 17.1 Å². The van der Waals surface area contributed by atoms with Crippen LogP contribution in [0.4, 0.5) is 10.1 Å². The summed E-state index contributed by atoms with van der Waals surface area (Å²) in [5.41, 5.74) is 6.44. The van der Waals surface area contributed by atoms with Crippen LogP contribution in [0.1, 0.15) is 33.3 Å². The number of benzene rings is 3. The fraction of sp³-hybridized carbons (Fsp3) is 0.121. The van der Waals surface area contributed by atoms with Gasteiger partial charge in [-0.3, -0.25) is 9.59 Å². The van der Waals surface area contributed by atoms with Crippen molar-refractivity contribution in [3.05, 3.63) is 130 Å². The highest BCUT2D eigenvalue weighted by molar-refractivity contribution is 6.30. The van der Waals surface area contributed by atoms with Crippen molar-refractivity contribution in [2.45, 2.75) is 20.5 Å². The van der Waals surface area contributed by atoms with E-state index >= 15 is 0 Å². The van der Waals surface area contributed by atoms with E-state index in [4.69, 9.17) is 25.5 Å². The summed E-state index contributed by atoms with van der Waals surface area (Å²) in [5, 5.41) is 6.92. The van der Waals surface area contributed by atoms with Crippen molar-refractivity contribution >= 4 is 35.3 Å². The average molecular weight is 615 g/mol. The van der Waals surface area contributed by atoms with Gasteiger partial charge in [-0.2, -0.15) is 5.10 Å². The first-order valence-electron chi connectivity index (χ1n) is 13.5. The fourth-order valence-electron chi connectivity index (χ4n) is 4.37. The number of hydrogen-bond donors (Lipinski definition) is 2. The molecule has 0 unspecified atom stereocenters. The van der Waals surface area contributed by atoms with Crippen LogP contribution in [0, 0.1) is 19.7 Å². The van der Waals surface area contributed by atoms with Crippen LogP contribution in [0.25, 0.3) is 5.69 Å². The minimum absolute atomic E-state index is 0.0474. The molecule has 44 heavy (non-hydrogen) atoms. The van der Waals surface area contributed by atoms with E-state index in [9.17, 15) is 14.0 Å². The summed E-state index contributed by atoms with van der Waals surface area (Å²) in [6.45, 7) is 3.89. The molecule has 2 aromatic heterocycles. The van der Waals surface area contributed by atoms with Crippen molar-refractivity contribution in [2.75, 3.05) is 11.9 Å². The van der Waals surface area contributed by atoms with E-state index in [1.54, 1.807) is 30.3 Å². The van der Waals surface area contributed by atoms with E-state index in [2.05, 4.69) is 46.4 Å². The Balaban J connectivity index is 1.13. The largest absolute Gasteiger partial charge is 0.486 e. The van der Waals surface area contributed by atoms with Gasteiger partial charge in [0.1, 0.15) is 29.7 Å². The van der Waals surface area contributed by atoms with Gasteiger partial charge in [-0.05, 0) is 98.8 Å². The highest BCUT2D eigenvalue weighted by atomic mass is 35.5. The molecule has 5 aromatic rings. The lowest BCUT2D eigenvalue weighted by Gasteiger charge is -2.10. The Bertz CT molecular complexity index is 1790. The maximum atomic E-state index is 13.4. The number of furan rings is 1. The third-order valence-corrected chi connectivity index (χ3v) is 6.68. The monoisotopic (exact) mass is 614 g/mol. The average Bonchev–Trinajstić information content (AvgIpc) is 3.62. The van der Waals surface area contributed by atoms with Crippen molar-refractivity contribution in [3.63, 3.8) is 0 Å². The van der Waals surface area contributed by atoms with Gasteiger partial charge >= 0.3 is 5.91 Å². The Morgan fingerprint density at radius 1 is 0.955 bits per heavy atom. The molecule has 0 saturated carbocycles. The first kappa shape index (κ1) is 30.1. The van der Waals surface area contributed by atoms with Gasteiger partial charge in [-0.25, -0.2) is 9.82 Å². The first-order valence-corrected chi connectivity index (χ1v) is 13.9. The molecule has 0 bridgehead atoms. The lowest BCUT2D eigenvalue weighted by molar-refractivity contribution is -0.118. The minimum Gasteiger partial charge on any atom is -0.486 e. The van der Waals surface area contributed by atoms with Gasteiger partial charge in [0.05, 0.1) is 6.21 Å². The van der Waals surface area contributed by atoms with Crippen molar-refractivity contribution in [2.24, 2.45) is 5.10 Å². The molecule has 5 rings (SSSR count). The molecule has 3 aromatic carbocycles. The van der Waals surface area contributed by atoms with Crippen LogP contribution in [0.5, 0.6) is 11.5 Å². The van der Waals surface area contributed by atoms with Crippen LogP contribution in [0.2, 0.25) is 5.02 Å². The quantitative estimate of drug-likeness (QED) is 0.125. The second kappa shape index (κ2) is 13.7. The molecule has 0 saturated heterocycles. The normalized spacial score (nSPS) is 11.0. The number of carbonyl (C=O) groups excluding carboxylic acids is 2. The number of carbonyl (C=O) groups is 2. The van der Waals surface area contributed by atoms with Crippen LogP contribution >= 0.6 is 11.6 Å². The predicted molar refractivity (Wildman–Crippen MR) is 165 cm³/mol. The number of nitrogens with zero attached hydrogens (tertiary/aromatic N) is 2. The highest BCUT2D eigenvalue weighted by Crippen LogP contribution is 2.23. The second-order valence-corrected chi connectivity index (χ2v) is 10.2. The van der Waals surface area contributed by atoms with Crippen molar-refractivity contribution in [1.82, 2.24) is 9.99 Å². The van der Waals surface area contributed by atoms with Gasteiger partial charge in [0.2, 0.25) is 0 Å². The molecule has 0 aliphatic rings. The SMILES string of the molecule is Cc1ccc(C)n1-c1ccc(OCc2ccc(C(=O)N/N=C/c3cc(Cl)ccc3OCC(=O)Nc3cccc(F)c3)o2)cc1. The van der Waals surface area contributed by atoms with Crippen LogP contribution in [0.3, 0.4) is 0 Å². The number of amides is 2. The van der Waals surface area contributed by atoms with Crippen LogP contribution < -0.4 is 20.2 Å². The molecule has 0 aliphatic carbocycles. The Labute approximate surface area is 257 Å². The van der Waals surface area contributed by atoms with E-state index in [1.807, 2.05) is 24.3 Å². The molecule has 11 heteroatoms. The molecule has 224 valence electrons. The second-order valence-electron chi connectivity index (χ2n) is 9.73. The molecular formula is C33H28ClFN4O5. The van der Waals surface area contributed by atoms with Crippen LogP contribution in [0.15, 0.2) is 101 Å². The van der Waals surface area contributed by atoms with E-state index in [-0.39, 0.29) is 19.0 Å². The number of hydrazone groups is 1. The van der Waals surface area contributed by atoms with Crippen molar-refractivity contribution in [3.8, 4) is 17.2 Å². The lowest BCUT2D eigenvalue weighted by Crippen LogP contribution is -2.20. The Hall–Kier alpha value is -5.35. The summed E-state index contributed by atoms with van der Waals surface area (Å²) in [4.78, 5) is 24.8. The van der Waals surface area contributed by atoms with E-state index < -0.39 is 17.6 Å². The number of anilines is 1. The Kier molecular flexibility index (Phi) is 9.41. The fourth-order valence-corrected chi connectivity index (χ4v) is 4.55. The molecule has 2 N–H and O–H groups in total. The zero-order valence-electron chi connectivity index (χ0n) is 23.8. The summed E-state index contributed by atoms with van der Waals surface area (Å²) >= 11 is 6.11. The zero-order valence-corrected chi connectivity index (χ0v) is 24.6. The number of aryl methyl sites for hydroxylation is 2. The standard InChI is InChI=1S/C33H28ClFN4O5/c1-21-6-7-22(2)39(21)27-9-11-28(12-10-27)42-19-29-13-15-31(44-29)33(41)38-36-18-23-16-24(34)8-14-30(23)43-20-32(40)37-26-5-3-4-25(35)17-26/h3-18H,19-20H2,1-2H3,(H,37,40)(H,38,41)/b36-18+. The number of aromatic nitrogens is 1. The molecule has 0 aliphatic heterocycles. The van der Waals surface area contributed by atoms with E-state index in [0.29, 0.717) is 33.5 Å². The molecule has 9 nitrogen and oxygen atoms in total. The Morgan fingerprint density at radius 2 is 1.73 bits per heavy atom. The van der Waals surface area contributed by atoms with Crippen LogP contribution in [-0.4, -0.2) is 29.2 Å². The van der Waals surface area contributed by atoms with Gasteiger partial charge in [0.25, 0.3) is 5.91 Å². The number of nitrogens with one attached hydrogen (secondary N) is 2. The molecular weight excluding hydrogens is 587 g/mol. The molecule has 0 atom stereocenters. The smallest absolute Gasteiger partial charge is 0.307 e. The molecule has 0 radical (unpaired) electrons. The number of halogens is 2. The Morgan fingerprint density at radius 3 is 2.48 bits per heavy atom. The molecule has 0 spiro atoms. The molecule has 2 heterocycles. The van der Waals surface area contributed by atoms with Gasteiger partial charge in [0.15, 0.2) is 12.4 Å². The maximum Gasteiger partial charge on any atom is 0.307 e. The highest BCUT2D eigenvalue weighted by Gasteiger charge is 2.12. The lowest BCUT2D eigenvalue weighted by atomic mass is 10.2. The van der Waals surface area contributed by atoms with Gasteiger partial charge in [-0.1, -0.05) is 17.7 Å². The third kappa shape index (κ3) is 7.73. The maximum absolute atomic E-state index is 13.4. The van der Waals surface area contributed by atoms with Crippen molar-refractivity contribution in [1.29, 1.82) is 0 Å². The summed E-state index contributed by atoms with van der Waals surface area (Å²) < 4.78 is 32.6. The minimum atomic E-state index is -0.576. The van der Waals surface area contributed by atoms with E-state index in [1.165, 1.54) is 30.5 Å². The summed E-state index contributed by atoms with van der Waals surface area (Å²) in [6.07, 6.45) is 1.33. The number of rotatable bonds is 11. The molecule has 2 amide bonds.